The molecule has 8 aromatic carbocycles. The van der Waals surface area contributed by atoms with Crippen LogP contribution in [-0.2, 0) is 44.6 Å². The molecule has 0 fully saturated rings. The van der Waals surface area contributed by atoms with Gasteiger partial charge in [0, 0.05) is 5.92 Å². The van der Waals surface area contributed by atoms with Crippen molar-refractivity contribution in [1.82, 2.24) is 31.9 Å². The van der Waals surface area contributed by atoms with E-state index in [2.05, 4.69) is 31.9 Å². The zero-order valence-corrected chi connectivity index (χ0v) is 47.4. The number of hydrogen-bond acceptors (Lipinski definition) is 8. The number of carbonyl (C=O) groups excluding carboxylic acids is 6. The van der Waals surface area contributed by atoms with Crippen LogP contribution in [0.3, 0.4) is 0 Å². The van der Waals surface area contributed by atoms with Crippen LogP contribution < -0.4 is 31.9 Å². The zero-order valence-electron chi connectivity index (χ0n) is 47.4. The van der Waals surface area contributed by atoms with Crippen LogP contribution in [0, 0.1) is 5.92 Å². The predicted molar refractivity (Wildman–Crippen MR) is 324 cm³/mol. The van der Waals surface area contributed by atoms with Gasteiger partial charge in [0.25, 0.3) is 0 Å². The molecule has 7 N–H and O–H groups in total. The van der Waals surface area contributed by atoms with Gasteiger partial charge in [-0.1, -0.05) is 251 Å². The Bertz CT molecular complexity index is 3370. The second kappa shape index (κ2) is 27.3. The lowest BCUT2D eigenvalue weighted by Crippen LogP contribution is -2.59. The van der Waals surface area contributed by atoms with Crippen molar-refractivity contribution in [1.29, 1.82) is 0 Å². The van der Waals surface area contributed by atoms with Gasteiger partial charge in [0.2, 0.25) is 29.5 Å². The van der Waals surface area contributed by atoms with Crippen molar-refractivity contribution in [3.63, 3.8) is 0 Å². The average molecular weight is 1140 g/mol. The molecule has 0 saturated carbocycles. The SMILES string of the molecule is CC[C@H](C)[C@H](NC(=O)OCC1c2ccccc2-c2ccccc21)C(=O)N[C@@H](C)C(=O)N[C@@H](CC(=O)NC(c1ccccc1)(c1ccccc1)c1ccccc1)C(=O)N[C@@H](CC(=O)NC(c1ccccc1)(c1ccccc1)c1ccccc1)C(=O)O. The summed E-state index contributed by atoms with van der Waals surface area (Å²) >= 11 is 0. The molecular formula is C70H68N6O9. The first-order chi connectivity index (χ1) is 41.2. The van der Waals surface area contributed by atoms with Crippen LogP contribution in [0.15, 0.2) is 231 Å². The Morgan fingerprint density at radius 2 is 0.776 bits per heavy atom. The average Bonchev–Trinajstić information content (AvgIpc) is 2.74. The zero-order chi connectivity index (χ0) is 59.9. The van der Waals surface area contributed by atoms with Gasteiger partial charge >= 0.3 is 12.1 Å². The smallest absolute Gasteiger partial charge is 0.407 e. The van der Waals surface area contributed by atoms with E-state index >= 15 is 0 Å². The largest absolute Gasteiger partial charge is 0.480 e. The molecule has 1 aliphatic carbocycles. The van der Waals surface area contributed by atoms with E-state index < -0.39 is 95.6 Å². The Morgan fingerprint density at radius 3 is 1.14 bits per heavy atom. The molecule has 0 heterocycles. The Morgan fingerprint density at radius 1 is 0.435 bits per heavy atom. The van der Waals surface area contributed by atoms with Crippen LogP contribution in [0.4, 0.5) is 4.79 Å². The molecular weight excluding hydrogens is 1070 g/mol. The summed E-state index contributed by atoms with van der Waals surface area (Å²) in [6, 6.07) is 64.9. The summed E-state index contributed by atoms with van der Waals surface area (Å²) in [5, 5.41) is 27.6. The highest BCUT2D eigenvalue weighted by atomic mass is 16.5. The summed E-state index contributed by atoms with van der Waals surface area (Å²) in [5.41, 5.74) is 5.45. The number of fused-ring (bicyclic) bond motifs is 3. The number of nitrogens with one attached hydrogen (secondary N) is 6. The molecule has 0 spiro atoms. The molecule has 8 aromatic rings. The lowest BCUT2D eigenvalue weighted by atomic mass is 9.77. The fraction of sp³-hybridized carbons (Fsp3) is 0.214. The maximum atomic E-state index is 15.0. The molecule has 1 aliphatic rings. The van der Waals surface area contributed by atoms with Crippen molar-refractivity contribution in [3.8, 4) is 11.1 Å². The second-order valence-electron chi connectivity index (χ2n) is 21.2. The number of benzene rings is 8. The number of aliphatic carboxylic acids is 1. The molecule has 15 heteroatoms. The van der Waals surface area contributed by atoms with Crippen LogP contribution in [0.2, 0.25) is 0 Å². The van der Waals surface area contributed by atoms with Crippen molar-refractivity contribution in [2.45, 2.75) is 81.2 Å². The third-order valence-electron chi connectivity index (χ3n) is 15.8. The fourth-order valence-corrected chi connectivity index (χ4v) is 11.3. The third-order valence-corrected chi connectivity index (χ3v) is 15.8. The first-order valence-corrected chi connectivity index (χ1v) is 28.4. The molecule has 5 atom stereocenters. The number of rotatable bonds is 24. The first-order valence-electron chi connectivity index (χ1n) is 28.4. The van der Waals surface area contributed by atoms with E-state index in [0.717, 1.165) is 22.3 Å². The van der Waals surface area contributed by atoms with Crippen molar-refractivity contribution in [3.05, 3.63) is 275 Å². The molecule has 432 valence electrons. The highest BCUT2D eigenvalue weighted by Crippen LogP contribution is 2.45. The Hall–Kier alpha value is -10.2. The molecule has 0 aliphatic heterocycles. The van der Waals surface area contributed by atoms with Gasteiger partial charge in [-0.3, -0.25) is 24.0 Å². The number of ether oxygens (including phenoxy) is 1. The lowest BCUT2D eigenvalue weighted by Gasteiger charge is -2.37. The highest BCUT2D eigenvalue weighted by molar-refractivity contribution is 5.98. The quantitative estimate of drug-likeness (QED) is 0.0286. The Labute approximate surface area is 494 Å². The van der Waals surface area contributed by atoms with Crippen LogP contribution in [0.1, 0.15) is 90.5 Å². The van der Waals surface area contributed by atoms with Crippen molar-refractivity contribution in [2.24, 2.45) is 5.92 Å². The van der Waals surface area contributed by atoms with Gasteiger partial charge < -0.3 is 41.7 Å². The number of carboxylic acids is 1. The van der Waals surface area contributed by atoms with Crippen LogP contribution in [0.5, 0.6) is 0 Å². The monoisotopic (exact) mass is 1140 g/mol. The topological polar surface area (TPSA) is 221 Å². The lowest BCUT2D eigenvalue weighted by molar-refractivity contribution is -0.144. The summed E-state index contributed by atoms with van der Waals surface area (Å²) in [6.07, 6.45) is -1.91. The molecule has 85 heavy (non-hydrogen) atoms. The van der Waals surface area contributed by atoms with Gasteiger partial charge in [-0.05, 0) is 68.5 Å². The van der Waals surface area contributed by atoms with E-state index in [-0.39, 0.29) is 12.5 Å². The van der Waals surface area contributed by atoms with E-state index in [1.54, 1.807) is 6.92 Å². The van der Waals surface area contributed by atoms with Gasteiger partial charge in [-0.25, -0.2) is 9.59 Å². The molecule has 0 saturated heterocycles. The molecule has 0 bridgehead atoms. The Balaban J connectivity index is 0.973. The Kier molecular flexibility index (Phi) is 19.1. The second-order valence-corrected chi connectivity index (χ2v) is 21.2. The van der Waals surface area contributed by atoms with Gasteiger partial charge in [0.1, 0.15) is 41.9 Å². The molecule has 0 aromatic heterocycles. The predicted octanol–water partition coefficient (Wildman–Crippen LogP) is 9.50. The minimum Gasteiger partial charge on any atom is -0.480 e. The van der Waals surface area contributed by atoms with Gasteiger partial charge in [-0.2, -0.15) is 0 Å². The van der Waals surface area contributed by atoms with Gasteiger partial charge in [-0.15, -0.1) is 0 Å². The molecule has 0 radical (unpaired) electrons. The van der Waals surface area contributed by atoms with E-state index in [1.165, 1.54) is 6.92 Å². The van der Waals surface area contributed by atoms with Crippen molar-refractivity contribution >= 4 is 41.6 Å². The standard InChI is InChI=1S/C70H68N6O9/c1-4-46(2)63(74-68(84)85-45-58-56-41-25-23-39-54(56)55-40-24-26-42-57(55)58)66(81)71-47(3)64(79)72-59(43-61(77)75-69(48-27-11-5-12-28-48,49-29-13-6-14-30-49)50-31-15-7-16-32-50)65(80)73-60(67(82)83)44-62(78)76-70(51-33-17-8-18-34-51,52-35-19-9-20-36-52)53-37-21-10-22-38-53/h5-42,46-47,58-60,63H,4,43-45H2,1-3H3,(H,71,81)(H,72,79)(H,73,80)(H,74,84)(H,75,77)(H,76,78)(H,82,83)/t46-,47-,59-,60-,63-/m0/s1. The number of amides is 6. The van der Waals surface area contributed by atoms with E-state index in [9.17, 15) is 38.7 Å². The minimum absolute atomic E-state index is 0.00302. The fourth-order valence-electron chi connectivity index (χ4n) is 11.3. The summed E-state index contributed by atoms with van der Waals surface area (Å²) in [5.74, 6) is -6.49. The highest BCUT2D eigenvalue weighted by Gasteiger charge is 2.42. The van der Waals surface area contributed by atoms with Gasteiger partial charge in [0.05, 0.1) is 12.8 Å². The summed E-state index contributed by atoms with van der Waals surface area (Å²) in [7, 11) is 0. The molecule has 15 nitrogen and oxygen atoms in total. The van der Waals surface area contributed by atoms with E-state index in [0.29, 0.717) is 39.8 Å². The molecule has 0 unspecified atom stereocenters. The first kappa shape index (κ1) is 59.5. The number of hydrogen-bond donors (Lipinski definition) is 7. The van der Waals surface area contributed by atoms with E-state index in [4.69, 9.17) is 4.74 Å². The van der Waals surface area contributed by atoms with Crippen LogP contribution in [0.25, 0.3) is 11.1 Å². The molecule has 6 amide bonds. The molecule has 9 rings (SSSR count). The van der Waals surface area contributed by atoms with Crippen LogP contribution >= 0.6 is 0 Å². The summed E-state index contributed by atoms with van der Waals surface area (Å²) < 4.78 is 5.80. The summed E-state index contributed by atoms with van der Waals surface area (Å²) in [4.78, 5) is 100. The van der Waals surface area contributed by atoms with E-state index in [1.807, 2.05) is 237 Å². The van der Waals surface area contributed by atoms with Gasteiger partial charge in [0.15, 0.2) is 0 Å². The number of alkyl carbamates (subject to hydrolysis) is 1. The van der Waals surface area contributed by atoms with Crippen LogP contribution in [-0.4, -0.2) is 77.5 Å². The number of carboxylic acid groups (broad SMARTS) is 1. The maximum absolute atomic E-state index is 15.0. The van der Waals surface area contributed by atoms with Crippen molar-refractivity contribution < 1.29 is 43.4 Å². The summed E-state index contributed by atoms with van der Waals surface area (Å²) in [6.45, 7) is 4.98. The third kappa shape index (κ3) is 13.4. The number of carbonyl (C=O) groups is 7. The normalized spacial score (nSPS) is 13.6. The maximum Gasteiger partial charge on any atom is 0.407 e. The minimum atomic E-state index is -1.88. The van der Waals surface area contributed by atoms with Crippen molar-refractivity contribution in [2.75, 3.05) is 6.61 Å².